The number of hydrogen-bond acceptors (Lipinski definition) is 7. The highest BCUT2D eigenvalue weighted by atomic mass is 35.5. The van der Waals surface area contributed by atoms with Crippen LogP contribution in [0.15, 0.2) is 18.2 Å². The van der Waals surface area contributed by atoms with Gasteiger partial charge in [0.15, 0.2) is 0 Å². The Labute approximate surface area is 210 Å². The molecule has 1 aromatic rings. The molecule has 6 N–H and O–H groups in total. The number of rotatable bonds is 9. The van der Waals surface area contributed by atoms with E-state index in [1.807, 2.05) is 27.7 Å². The molecule has 0 spiro atoms. The standard InChI is InChI=1S/C23H36ClN5O4S/c1-7-29-19(32)16(34-20(29)17(25)18(31)28-23(5,6)12-30)11-26-14-8-13(24)9-15(10-14)27-21(33)22(2,3)4/h8-10,16-17,20,26,30H,7,11-12,25H2,1-6H3,(H,27,33)(H,28,31)/t16-,17-,20?/m1/s1. The van der Waals surface area contributed by atoms with Crippen molar-refractivity contribution in [3.05, 3.63) is 23.2 Å². The van der Waals surface area contributed by atoms with Crippen molar-refractivity contribution < 1.29 is 19.5 Å². The van der Waals surface area contributed by atoms with Gasteiger partial charge in [-0.2, -0.15) is 0 Å². The van der Waals surface area contributed by atoms with E-state index in [0.29, 0.717) is 29.5 Å². The molecule has 0 aliphatic carbocycles. The van der Waals surface area contributed by atoms with Gasteiger partial charge in [-0.3, -0.25) is 14.4 Å². The normalized spacial score (nSPS) is 19.7. The predicted octanol–water partition coefficient (Wildman–Crippen LogP) is 2.24. The Morgan fingerprint density at radius 3 is 2.38 bits per heavy atom. The Kier molecular flexibility index (Phi) is 9.26. The fourth-order valence-corrected chi connectivity index (χ4v) is 4.93. The lowest BCUT2D eigenvalue weighted by Crippen LogP contribution is -2.57. The van der Waals surface area contributed by atoms with Gasteiger partial charge in [0.05, 0.1) is 12.1 Å². The second-order valence-corrected chi connectivity index (χ2v) is 11.8. The summed E-state index contributed by atoms with van der Waals surface area (Å²) < 4.78 is 0. The van der Waals surface area contributed by atoms with Gasteiger partial charge in [0.1, 0.15) is 16.7 Å². The van der Waals surface area contributed by atoms with Crippen molar-refractivity contribution in [1.82, 2.24) is 10.2 Å². The van der Waals surface area contributed by atoms with Crippen LogP contribution >= 0.6 is 23.4 Å². The lowest BCUT2D eigenvalue weighted by molar-refractivity contribution is -0.131. The first kappa shape index (κ1) is 28.2. The van der Waals surface area contributed by atoms with Crippen LogP contribution in [0, 0.1) is 5.41 Å². The number of carbonyl (C=O) groups excluding carboxylic acids is 3. The van der Waals surface area contributed by atoms with Crippen molar-refractivity contribution >= 4 is 52.5 Å². The van der Waals surface area contributed by atoms with Gasteiger partial charge >= 0.3 is 0 Å². The zero-order valence-corrected chi connectivity index (χ0v) is 22.1. The van der Waals surface area contributed by atoms with E-state index in [-0.39, 0.29) is 18.4 Å². The van der Waals surface area contributed by atoms with Crippen molar-refractivity contribution in [1.29, 1.82) is 0 Å². The van der Waals surface area contributed by atoms with E-state index in [0.717, 1.165) is 0 Å². The summed E-state index contributed by atoms with van der Waals surface area (Å²) in [6, 6.07) is 4.18. The number of carbonyl (C=O) groups is 3. The number of nitrogens with two attached hydrogens (primary N) is 1. The van der Waals surface area contributed by atoms with Crippen LogP contribution in [0.1, 0.15) is 41.5 Å². The average molecular weight is 514 g/mol. The number of nitrogens with one attached hydrogen (secondary N) is 3. The summed E-state index contributed by atoms with van der Waals surface area (Å²) in [6.45, 7) is 11.2. The molecule has 34 heavy (non-hydrogen) atoms. The van der Waals surface area contributed by atoms with Gasteiger partial charge in [0.25, 0.3) is 0 Å². The number of hydrogen-bond donors (Lipinski definition) is 5. The van der Waals surface area contributed by atoms with Crippen LogP contribution in [0.25, 0.3) is 0 Å². The number of anilines is 2. The van der Waals surface area contributed by atoms with Gasteiger partial charge < -0.3 is 31.7 Å². The summed E-state index contributed by atoms with van der Waals surface area (Å²) in [5.41, 5.74) is 6.06. The van der Waals surface area contributed by atoms with Crippen molar-refractivity contribution in [2.24, 2.45) is 11.1 Å². The third-order valence-corrected chi connectivity index (χ3v) is 7.05. The van der Waals surface area contributed by atoms with E-state index in [2.05, 4.69) is 16.0 Å². The second-order valence-electron chi connectivity index (χ2n) is 10.0. The molecule has 1 unspecified atom stereocenters. The molecule has 1 heterocycles. The van der Waals surface area contributed by atoms with Crippen LogP contribution < -0.4 is 21.7 Å². The Bertz CT molecular complexity index is 921. The first-order valence-electron chi connectivity index (χ1n) is 11.2. The van der Waals surface area contributed by atoms with Crippen molar-refractivity contribution in [3.8, 4) is 0 Å². The summed E-state index contributed by atoms with van der Waals surface area (Å²) in [6.07, 6.45) is 0. The molecular formula is C23H36ClN5O4S. The highest BCUT2D eigenvalue weighted by Crippen LogP contribution is 2.34. The van der Waals surface area contributed by atoms with E-state index in [4.69, 9.17) is 17.3 Å². The van der Waals surface area contributed by atoms with E-state index in [1.165, 1.54) is 11.8 Å². The number of nitrogens with zero attached hydrogens (tertiary/aromatic N) is 1. The quantitative estimate of drug-likeness (QED) is 0.341. The third kappa shape index (κ3) is 7.24. The molecule has 0 radical (unpaired) electrons. The first-order valence-corrected chi connectivity index (χ1v) is 12.5. The number of thioether (sulfide) groups is 1. The SMILES string of the molecule is CCN1C(=O)[C@@H](CNc2cc(Cl)cc(NC(=O)C(C)(C)C)c2)SC1[C@H](N)C(=O)NC(C)(C)CO. The molecule has 9 nitrogen and oxygen atoms in total. The van der Waals surface area contributed by atoms with Crippen LogP contribution in [0.5, 0.6) is 0 Å². The summed E-state index contributed by atoms with van der Waals surface area (Å²) in [5, 5.41) is 17.7. The molecule has 0 bridgehead atoms. The number of amides is 3. The monoisotopic (exact) mass is 513 g/mol. The highest BCUT2D eigenvalue weighted by Gasteiger charge is 2.44. The van der Waals surface area contributed by atoms with Gasteiger partial charge in [-0.25, -0.2) is 0 Å². The van der Waals surface area contributed by atoms with Gasteiger partial charge in [-0.15, -0.1) is 11.8 Å². The maximum Gasteiger partial charge on any atom is 0.240 e. The predicted molar refractivity (Wildman–Crippen MR) is 138 cm³/mol. The third-order valence-electron chi connectivity index (χ3n) is 5.31. The van der Waals surface area contributed by atoms with Crippen LogP contribution in [0.2, 0.25) is 5.02 Å². The molecule has 1 aliphatic rings. The van der Waals surface area contributed by atoms with Gasteiger partial charge in [-0.1, -0.05) is 32.4 Å². The Hall–Kier alpha value is -2.01. The summed E-state index contributed by atoms with van der Waals surface area (Å²) in [5.74, 6) is -0.677. The molecule has 1 aromatic carbocycles. The second kappa shape index (κ2) is 11.2. The molecule has 11 heteroatoms. The summed E-state index contributed by atoms with van der Waals surface area (Å²) in [7, 11) is 0. The average Bonchev–Trinajstić information content (AvgIpc) is 3.05. The van der Waals surface area contributed by atoms with Gasteiger partial charge in [0.2, 0.25) is 17.7 Å². The van der Waals surface area contributed by atoms with Crippen molar-refractivity contribution in [3.63, 3.8) is 0 Å². The van der Waals surface area contributed by atoms with Crippen molar-refractivity contribution in [2.45, 2.75) is 63.7 Å². The van der Waals surface area contributed by atoms with Crippen LogP contribution in [-0.4, -0.2) is 69.6 Å². The number of aliphatic hydroxyl groups is 1. The molecule has 0 saturated carbocycles. The van der Waals surface area contributed by atoms with Crippen LogP contribution in [0.4, 0.5) is 11.4 Å². The van der Waals surface area contributed by atoms with Crippen LogP contribution in [0.3, 0.4) is 0 Å². The smallest absolute Gasteiger partial charge is 0.240 e. The molecule has 3 atom stereocenters. The van der Waals surface area contributed by atoms with E-state index in [9.17, 15) is 19.5 Å². The number of halogens is 1. The molecule has 1 fully saturated rings. The minimum absolute atomic E-state index is 0.113. The molecule has 2 rings (SSSR count). The molecule has 190 valence electrons. The van der Waals surface area contributed by atoms with E-state index < -0.39 is 33.5 Å². The first-order chi connectivity index (χ1) is 15.7. The summed E-state index contributed by atoms with van der Waals surface area (Å²) in [4.78, 5) is 39.5. The lowest BCUT2D eigenvalue weighted by atomic mass is 9.95. The van der Waals surface area contributed by atoms with Gasteiger partial charge in [0, 0.05) is 34.9 Å². The summed E-state index contributed by atoms with van der Waals surface area (Å²) >= 11 is 7.56. The molecule has 1 aliphatic heterocycles. The molecule has 1 saturated heterocycles. The number of likely N-dealkylation sites (N-methyl/N-ethyl adjacent to an activating group) is 1. The fraction of sp³-hybridized carbons (Fsp3) is 0.609. The molecule has 3 amide bonds. The van der Waals surface area contributed by atoms with Gasteiger partial charge in [-0.05, 0) is 39.0 Å². The minimum Gasteiger partial charge on any atom is -0.394 e. The fourth-order valence-electron chi connectivity index (χ4n) is 3.24. The van der Waals surface area contributed by atoms with E-state index >= 15 is 0 Å². The topological polar surface area (TPSA) is 137 Å². The zero-order chi connectivity index (χ0) is 25.8. The minimum atomic E-state index is -0.949. The lowest BCUT2D eigenvalue weighted by Gasteiger charge is -2.30. The largest absolute Gasteiger partial charge is 0.394 e. The Morgan fingerprint density at radius 1 is 1.21 bits per heavy atom. The highest BCUT2D eigenvalue weighted by molar-refractivity contribution is 8.01. The Morgan fingerprint density at radius 2 is 1.82 bits per heavy atom. The van der Waals surface area contributed by atoms with Crippen LogP contribution in [-0.2, 0) is 14.4 Å². The maximum absolute atomic E-state index is 13.0. The Balaban J connectivity index is 2.08. The zero-order valence-electron chi connectivity index (χ0n) is 20.6. The van der Waals surface area contributed by atoms with E-state index in [1.54, 1.807) is 36.9 Å². The molecular weight excluding hydrogens is 478 g/mol. The van der Waals surface area contributed by atoms with Crippen molar-refractivity contribution in [2.75, 3.05) is 30.3 Å². The number of benzene rings is 1. The molecule has 0 aromatic heterocycles. The number of aliphatic hydroxyl groups excluding tert-OH is 1. The maximum atomic E-state index is 13.0.